The minimum atomic E-state index is -1.07. The molecule has 1 rings (SSSR count). The molecule has 0 unspecified atom stereocenters. The topological polar surface area (TPSA) is 84.6 Å². The van der Waals surface area contributed by atoms with Crippen molar-refractivity contribution in [2.45, 2.75) is 32.7 Å². The molecular weight excluding hydrogens is 236 g/mol. The zero-order valence-corrected chi connectivity index (χ0v) is 10.6. The van der Waals surface area contributed by atoms with Crippen LogP contribution in [0.5, 0.6) is 0 Å². The predicted molar refractivity (Wildman–Crippen MR) is 65.5 cm³/mol. The maximum Gasteiger partial charge on any atom is 0.358 e. The number of hydrogen-bond acceptors (Lipinski definition) is 5. The molecule has 0 aromatic carbocycles. The van der Waals surface area contributed by atoms with Gasteiger partial charge in [-0.3, -0.25) is 0 Å². The smallest absolute Gasteiger partial charge is 0.358 e. The third kappa shape index (κ3) is 5.79. The van der Waals surface area contributed by atoms with E-state index < -0.39 is 5.97 Å². The fourth-order valence-corrected chi connectivity index (χ4v) is 1.36. The molecule has 0 fully saturated rings. The van der Waals surface area contributed by atoms with Crippen molar-refractivity contribution in [3.05, 3.63) is 17.5 Å². The van der Waals surface area contributed by atoms with E-state index in [9.17, 15) is 4.79 Å². The first-order valence-electron chi connectivity index (χ1n) is 6.21. The van der Waals surface area contributed by atoms with Crippen molar-refractivity contribution in [2.24, 2.45) is 0 Å². The zero-order valence-electron chi connectivity index (χ0n) is 10.6. The van der Waals surface area contributed by atoms with Gasteiger partial charge in [-0.25, -0.2) is 4.79 Å². The van der Waals surface area contributed by atoms with Crippen molar-refractivity contribution < 1.29 is 19.2 Å². The molecule has 0 aliphatic heterocycles. The summed E-state index contributed by atoms with van der Waals surface area (Å²) in [6.45, 7) is 4.97. The number of rotatable bonds is 10. The molecular formula is C12H20N2O4. The summed E-state index contributed by atoms with van der Waals surface area (Å²) in [4.78, 5) is 10.6. The highest BCUT2D eigenvalue weighted by molar-refractivity contribution is 5.85. The van der Waals surface area contributed by atoms with Gasteiger partial charge in [0.1, 0.15) is 0 Å². The molecule has 102 valence electrons. The first kappa shape index (κ1) is 14.7. The Morgan fingerprint density at radius 2 is 2.28 bits per heavy atom. The number of ether oxygens (including phenoxy) is 1. The number of aromatic carboxylic acids is 1. The summed E-state index contributed by atoms with van der Waals surface area (Å²) in [5, 5.41) is 15.2. The van der Waals surface area contributed by atoms with Crippen LogP contribution >= 0.6 is 0 Å². The van der Waals surface area contributed by atoms with Gasteiger partial charge in [0, 0.05) is 19.3 Å². The maximum absolute atomic E-state index is 10.6. The van der Waals surface area contributed by atoms with Crippen LogP contribution in [-0.2, 0) is 11.3 Å². The lowest BCUT2D eigenvalue weighted by molar-refractivity contribution is 0.0685. The van der Waals surface area contributed by atoms with E-state index in [4.69, 9.17) is 14.4 Å². The summed E-state index contributed by atoms with van der Waals surface area (Å²) < 4.78 is 10.3. The second-order valence-electron chi connectivity index (χ2n) is 3.98. The summed E-state index contributed by atoms with van der Waals surface area (Å²) in [5.41, 5.74) is -0.0605. The van der Waals surface area contributed by atoms with Gasteiger partial charge >= 0.3 is 5.97 Å². The number of unbranched alkanes of at least 4 members (excludes halogenated alkanes) is 1. The summed E-state index contributed by atoms with van der Waals surface area (Å²) in [7, 11) is 0. The average Bonchev–Trinajstić information content (AvgIpc) is 2.81. The SMILES string of the molecule is CCCCOCCCNCc1cc(C(=O)O)no1. The lowest BCUT2D eigenvalue weighted by atomic mass is 10.3. The van der Waals surface area contributed by atoms with Crippen molar-refractivity contribution in [1.29, 1.82) is 0 Å². The van der Waals surface area contributed by atoms with Crippen LogP contribution in [0.4, 0.5) is 0 Å². The quantitative estimate of drug-likeness (QED) is 0.619. The standard InChI is InChI=1S/C12H20N2O4/c1-2-3-6-17-7-4-5-13-9-10-8-11(12(15)16)14-18-10/h8,13H,2-7,9H2,1H3,(H,15,16). The molecule has 0 amide bonds. The van der Waals surface area contributed by atoms with Crippen LogP contribution < -0.4 is 5.32 Å². The molecule has 0 saturated carbocycles. The van der Waals surface area contributed by atoms with E-state index >= 15 is 0 Å². The Morgan fingerprint density at radius 3 is 2.94 bits per heavy atom. The van der Waals surface area contributed by atoms with Crippen LogP contribution in [-0.4, -0.2) is 36.0 Å². The fourth-order valence-electron chi connectivity index (χ4n) is 1.36. The summed E-state index contributed by atoms with van der Waals surface area (Å²) in [6.07, 6.45) is 3.17. The van der Waals surface area contributed by atoms with Crippen molar-refractivity contribution in [2.75, 3.05) is 19.8 Å². The van der Waals surface area contributed by atoms with Gasteiger partial charge in [0.25, 0.3) is 0 Å². The minimum absolute atomic E-state index is 0.0605. The number of nitrogens with one attached hydrogen (secondary N) is 1. The van der Waals surface area contributed by atoms with Crippen LogP contribution in [0.15, 0.2) is 10.6 Å². The van der Waals surface area contributed by atoms with Crippen LogP contribution in [0, 0.1) is 0 Å². The van der Waals surface area contributed by atoms with Crippen LogP contribution in [0.1, 0.15) is 42.4 Å². The van der Waals surface area contributed by atoms with E-state index in [2.05, 4.69) is 17.4 Å². The largest absolute Gasteiger partial charge is 0.476 e. The Hall–Kier alpha value is -1.40. The summed E-state index contributed by atoms with van der Waals surface area (Å²) >= 11 is 0. The molecule has 1 aromatic rings. The van der Waals surface area contributed by atoms with Gasteiger partial charge in [-0.05, 0) is 19.4 Å². The average molecular weight is 256 g/mol. The monoisotopic (exact) mass is 256 g/mol. The van der Waals surface area contributed by atoms with Crippen LogP contribution in [0.2, 0.25) is 0 Å². The number of carbonyl (C=O) groups is 1. The number of nitrogens with zero attached hydrogens (tertiary/aromatic N) is 1. The van der Waals surface area contributed by atoms with Gasteiger partial charge in [0.2, 0.25) is 0 Å². The van der Waals surface area contributed by atoms with Gasteiger partial charge in [0.15, 0.2) is 11.5 Å². The highest BCUT2D eigenvalue weighted by Crippen LogP contribution is 2.02. The van der Waals surface area contributed by atoms with E-state index in [1.54, 1.807) is 0 Å². The number of carboxylic acids is 1. The first-order chi connectivity index (χ1) is 8.74. The highest BCUT2D eigenvalue weighted by atomic mass is 16.5. The Bertz CT molecular complexity index is 352. The van der Waals surface area contributed by atoms with Crippen molar-refractivity contribution in [3.8, 4) is 0 Å². The van der Waals surface area contributed by atoms with E-state index in [0.29, 0.717) is 12.3 Å². The summed E-state index contributed by atoms with van der Waals surface area (Å²) in [5.74, 6) is -0.548. The maximum atomic E-state index is 10.6. The van der Waals surface area contributed by atoms with Crippen molar-refractivity contribution in [3.63, 3.8) is 0 Å². The molecule has 2 N–H and O–H groups in total. The second-order valence-corrected chi connectivity index (χ2v) is 3.98. The predicted octanol–water partition coefficient (Wildman–Crippen LogP) is 1.67. The molecule has 0 spiro atoms. The molecule has 6 heteroatoms. The Labute approximate surface area is 106 Å². The van der Waals surface area contributed by atoms with Crippen LogP contribution in [0.3, 0.4) is 0 Å². The molecule has 0 aliphatic carbocycles. The molecule has 0 aliphatic rings. The Morgan fingerprint density at radius 1 is 1.50 bits per heavy atom. The van der Waals surface area contributed by atoms with Gasteiger partial charge < -0.3 is 19.7 Å². The molecule has 0 radical (unpaired) electrons. The molecule has 0 bridgehead atoms. The lowest BCUT2D eigenvalue weighted by Gasteiger charge is -2.03. The van der Waals surface area contributed by atoms with E-state index in [0.717, 1.165) is 39.0 Å². The van der Waals surface area contributed by atoms with Gasteiger partial charge in [0.05, 0.1) is 6.54 Å². The number of carboxylic acid groups (broad SMARTS) is 1. The second kappa shape index (κ2) is 8.66. The lowest BCUT2D eigenvalue weighted by Crippen LogP contribution is -2.16. The molecule has 0 atom stereocenters. The molecule has 1 heterocycles. The van der Waals surface area contributed by atoms with E-state index in [1.807, 2.05) is 0 Å². The van der Waals surface area contributed by atoms with Gasteiger partial charge in [-0.15, -0.1) is 0 Å². The van der Waals surface area contributed by atoms with E-state index in [1.165, 1.54) is 6.07 Å². The third-order valence-electron chi connectivity index (χ3n) is 2.36. The normalized spacial score (nSPS) is 10.7. The molecule has 0 saturated heterocycles. The third-order valence-corrected chi connectivity index (χ3v) is 2.36. The number of hydrogen-bond donors (Lipinski definition) is 2. The molecule has 1 aromatic heterocycles. The van der Waals surface area contributed by atoms with Crippen molar-refractivity contribution in [1.82, 2.24) is 10.5 Å². The first-order valence-corrected chi connectivity index (χ1v) is 6.21. The fraction of sp³-hybridized carbons (Fsp3) is 0.667. The molecule has 18 heavy (non-hydrogen) atoms. The Balaban J connectivity index is 2.02. The van der Waals surface area contributed by atoms with Crippen molar-refractivity contribution >= 4 is 5.97 Å². The minimum Gasteiger partial charge on any atom is -0.476 e. The summed E-state index contributed by atoms with van der Waals surface area (Å²) in [6, 6.07) is 1.42. The number of aromatic nitrogens is 1. The van der Waals surface area contributed by atoms with Gasteiger partial charge in [-0.2, -0.15) is 0 Å². The highest BCUT2D eigenvalue weighted by Gasteiger charge is 2.09. The Kier molecular flexibility index (Phi) is 7.05. The zero-order chi connectivity index (χ0) is 13.2. The van der Waals surface area contributed by atoms with E-state index in [-0.39, 0.29) is 5.69 Å². The molecule has 6 nitrogen and oxygen atoms in total. The van der Waals surface area contributed by atoms with Gasteiger partial charge in [-0.1, -0.05) is 18.5 Å². The van der Waals surface area contributed by atoms with Crippen LogP contribution in [0.25, 0.3) is 0 Å².